The van der Waals surface area contributed by atoms with Crippen molar-refractivity contribution in [1.82, 2.24) is 0 Å². The van der Waals surface area contributed by atoms with E-state index in [1.54, 1.807) is 6.08 Å². The van der Waals surface area contributed by atoms with Crippen molar-refractivity contribution in [3.8, 4) is 0 Å². The highest BCUT2D eigenvalue weighted by atomic mass is 16.4. The number of carbonyl (C=O) groups is 1. The Morgan fingerprint density at radius 1 is 1.29 bits per heavy atom. The van der Waals surface area contributed by atoms with Gasteiger partial charge in [0.2, 0.25) is 0 Å². The lowest BCUT2D eigenvalue weighted by molar-refractivity contribution is -0.131. The van der Waals surface area contributed by atoms with E-state index >= 15 is 0 Å². The van der Waals surface area contributed by atoms with E-state index in [-0.39, 0.29) is 0 Å². The number of benzene rings is 1. The van der Waals surface area contributed by atoms with Crippen LogP contribution in [-0.4, -0.2) is 11.1 Å². The van der Waals surface area contributed by atoms with Gasteiger partial charge in [-0.05, 0) is 37.2 Å². The predicted octanol–water partition coefficient (Wildman–Crippen LogP) is 3.68. The predicted molar refractivity (Wildman–Crippen MR) is 69.9 cm³/mol. The second-order valence-electron chi connectivity index (χ2n) is 4.45. The van der Waals surface area contributed by atoms with Crippen molar-refractivity contribution in [3.05, 3.63) is 48.0 Å². The molecule has 0 aromatic heterocycles. The van der Waals surface area contributed by atoms with Crippen molar-refractivity contribution in [2.75, 3.05) is 0 Å². The van der Waals surface area contributed by atoms with E-state index in [9.17, 15) is 4.79 Å². The fraction of sp³-hybridized carbons (Fsp3) is 0.400. The highest BCUT2D eigenvalue weighted by molar-refractivity contribution is 5.79. The number of carboxylic acid groups (broad SMARTS) is 1. The van der Waals surface area contributed by atoms with Crippen LogP contribution in [0.25, 0.3) is 0 Å². The summed E-state index contributed by atoms with van der Waals surface area (Å²) in [6.07, 6.45) is 7.12. The average Bonchev–Trinajstić information content (AvgIpc) is 2.33. The van der Waals surface area contributed by atoms with Crippen LogP contribution in [0.2, 0.25) is 0 Å². The van der Waals surface area contributed by atoms with Crippen molar-refractivity contribution in [2.45, 2.75) is 32.6 Å². The number of rotatable bonds is 7. The van der Waals surface area contributed by atoms with Crippen LogP contribution >= 0.6 is 0 Å². The maximum absolute atomic E-state index is 10.3. The average molecular weight is 232 g/mol. The third kappa shape index (κ3) is 6.56. The van der Waals surface area contributed by atoms with Crippen LogP contribution in [-0.2, 0) is 11.2 Å². The first kappa shape index (κ1) is 13.5. The van der Waals surface area contributed by atoms with Crippen LogP contribution in [0, 0.1) is 5.92 Å². The summed E-state index contributed by atoms with van der Waals surface area (Å²) in [6, 6.07) is 10.5. The topological polar surface area (TPSA) is 37.3 Å². The summed E-state index contributed by atoms with van der Waals surface area (Å²) in [5.74, 6) is -0.226. The summed E-state index contributed by atoms with van der Waals surface area (Å²) >= 11 is 0. The van der Waals surface area contributed by atoms with E-state index in [2.05, 4.69) is 31.2 Å². The van der Waals surface area contributed by atoms with Crippen LogP contribution in [0.5, 0.6) is 0 Å². The molecule has 0 amide bonds. The number of hydrogen-bond acceptors (Lipinski definition) is 1. The minimum absolute atomic E-state index is 0.633. The van der Waals surface area contributed by atoms with Crippen molar-refractivity contribution in [2.24, 2.45) is 5.92 Å². The lowest BCUT2D eigenvalue weighted by Crippen LogP contribution is -1.97. The van der Waals surface area contributed by atoms with Crippen LogP contribution in [0.4, 0.5) is 0 Å². The van der Waals surface area contributed by atoms with Crippen LogP contribution in [0.15, 0.2) is 42.5 Å². The normalized spacial score (nSPS) is 12.8. The number of aryl methyl sites for hydroxylation is 1. The highest BCUT2D eigenvalue weighted by Crippen LogP contribution is 2.14. The van der Waals surface area contributed by atoms with Gasteiger partial charge in [-0.3, -0.25) is 0 Å². The molecule has 0 bridgehead atoms. The second-order valence-corrected chi connectivity index (χ2v) is 4.45. The molecule has 0 aliphatic heterocycles. The SMILES string of the molecule is C[C@@H](CC/C=C/C(=O)O)CCc1ccccc1. The summed E-state index contributed by atoms with van der Waals surface area (Å²) in [4.78, 5) is 10.3. The Bertz CT molecular complexity index is 354. The molecule has 1 rings (SSSR count). The third-order valence-electron chi connectivity index (χ3n) is 2.86. The van der Waals surface area contributed by atoms with Gasteiger partial charge in [0, 0.05) is 6.08 Å². The van der Waals surface area contributed by atoms with E-state index in [0.29, 0.717) is 5.92 Å². The molecule has 1 atom stereocenters. The van der Waals surface area contributed by atoms with Crippen LogP contribution in [0.1, 0.15) is 31.7 Å². The molecule has 1 N–H and O–H groups in total. The van der Waals surface area contributed by atoms with Gasteiger partial charge in [-0.15, -0.1) is 0 Å². The van der Waals surface area contributed by atoms with E-state index in [0.717, 1.165) is 25.7 Å². The van der Waals surface area contributed by atoms with Crippen LogP contribution in [0.3, 0.4) is 0 Å². The molecule has 1 aromatic rings. The molecule has 0 unspecified atom stereocenters. The molecule has 0 heterocycles. The van der Waals surface area contributed by atoms with Gasteiger partial charge in [-0.2, -0.15) is 0 Å². The van der Waals surface area contributed by atoms with Gasteiger partial charge in [0.15, 0.2) is 0 Å². The molecular weight excluding hydrogens is 212 g/mol. The van der Waals surface area contributed by atoms with Gasteiger partial charge in [-0.25, -0.2) is 4.79 Å². The van der Waals surface area contributed by atoms with Gasteiger partial charge in [0.1, 0.15) is 0 Å². The largest absolute Gasteiger partial charge is 0.478 e. The minimum Gasteiger partial charge on any atom is -0.478 e. The van der Waals surface area contributed by atoms with Gasteiger partial charge in [0.25, 0.3) is 0 Å². The zero-order valence-corrected chi connectivity index (χ0v) is 10.3. The summed E-state index contributed by atoms with van der Waals surface area (Å²) in [5.41, 5.74) is 1.38. The minimum atomic E-state index is -0.859. The molecule has 0 aliphatic carbocycles. The summed E-state index contributed by atoms with van der Waals surface area (Å²) in [6.45, 7) is 2.22. The van der Waals surface area contributed by atoms with Gasteiger partial charge >= 0.3 is 5.97 Å². The molecule has 0 saturated heterocycles. The molecule has 0 aliphatic rings. The Kier molecular flexibility index (Phi) is 6.08. The molecule has 0 radical (unpaired) electrons. The first-order valence-corrected chi connectivity index (χ1v) is 6.12. The maximum atomic E-state index is 10.3. The molecule has 2 nitrogen and oxygen atoms in total. The third-order valence-corrected chi connectivity index (χ3v) is 2.86. The number of aliphatic carboxylic acids is 1. The van der Waals surface area contributed by atoms with E-state index < -0.39 is 5.97 Å². The molecule has 0 saturated carbocycles. The smallest absolute Gasteiger partial charge is 0.327 e. The summed E-state index contributed by atoms with van der Waals surface area (Å²) < 4.78 is 0. The first-order valence-electron chi connectivity index (χ1n) is 6.12. The van der Waals surface area contributed by atoms with Crippen molar-refractivity contribution >= 4 is 5.97 Å². The molecule has 0 spiro atoms. The Hall–Kier alpha value is -1.57. The lowest BCUT2D eigenvalue weighted by atomic mass is 9.97. The fourth-order valence-corrected chi connectivity index (χ4v) is 1.77. The number of carboxylic acids is 1. The van der Waals surface area contributed by atoms with E-state index in [1.165, 1.54) is 11.6 Å². The van der Waals surface area contributed by atoms with Crippen molar-refractivity contribution < 1.29 is 9.90 Å². The van der Waals surface area contributed by atoms with E-state index in [1.807, 2.05) is 6.07 Å². The standard InChI is InChI=1S/C15H20O2/c1-13(7-5-6-10-15(16)17)11-12-14-8-3-2-4-9-14/h2-4,6,8-10,13H,5,7,11-12H2,1H3,(H,16,17)/b10-6+/t13-/m0/s1. The van der Waals surface area contributed by atoms with Crippen molar-refractivity contribution in [3.63, 3.8) is 0 Å². The maximum Gasteiger partial charge on any atom is 0.327 e. The Labute approximate surface area is 103 Å². The molecule has 0 fully saturated rings. The molecular formula is C15H20O2. The monoisotopic (exact) mass is 232 g/mol. The molecule has 92 valence electrons. The molecule has 17 heavy (non-hydrogen) atoms. The van der Waals surface area contributed by atoms with Crippen molar-refractivity contribution in [1.29, 1.82) is 0 Å². The summed E-state index contributed by atoms with van der Waals surface area (Å²) in [7, 11) is 0. The fourth-order valence-electron chi connectivity index (χ4n) is 1.77. The van der Waals surface area contributed by atoms with Crippen LogP contribution < -0.4 is 0 Å². The Morgan fingerprint density at radius 3 is 2.65 bits per heavy atom. The number of hydrogen-bond donors (Lipinski definition) is 1. The summed E-state index contributed by atoms with van der Waals surface area (Å²) in [5, 5.41) is 8.44. The second kappa shape index (κ2) is 7.66. The first-order chi connectivity index (χ1) is 8.18. The quantitative estimate of drug-likeness (QED) is 0.728. The molecule has 2 heteroatoms. The Morgan fingerprint density at radius 2 is 2.00 bits per heavy atom. The van der Waals surface area contributed by atoms with Gasteiger partial charge in [0.05, 0.1) is 0 Å². The zero-order valence-electron chi connectivity index (χ0n) is 10.3. The zero-order chi connectivity index (χ0) is 12.5. The van der Waals surface area contributed by atoms with Gasteiger partial charge in [-0.1, -0.05) is 43.3 Å². The van der Waals surface area contributed by atoms with Gasteiger partial charge < -0.3 is 5.11 Å². The highest BCUT2D eigenvalue weighted by Gasteiger charge is 2.01. The molecule has 1 aromatic carbocycles. The lowest BCUT2D eigenvalue weighted by Gasteiger charge is -2.09. The van der Waals surface area contributed by atoms with E-state index in [4.69, 9.17) is 5.11 Å². The Balaban J connectivity index is 2.17. The number of allylic oxidation sites excluding steroid dienone is 1.